The molecule has 1 rings (SSSR count). The molecule has 0 aromatic heterocycles. The minimum absolute atomic E-state index is 0.666. The summed E-state index contributed by atoms with van der Waals surface area (Å²) in [6.45, 7) is 3.36. The Labute approximate surface area is 91.5 Å². The highest BCUT2D eigenvalue weighted by atomic mass is 16.3. The van der Waals surface area contributed by atoms with Crippen LogP contribution in [0.5, 0.6) is 0 Å². The van der Waals surface area contributed by atoms with Crippen molar-refractivity contribution < 1.29 is 5.11 Å². The van der Waals surface area contributed by atoms with Crippen LogP contribution in [0.4, 0.5) is 0 Å². The van der Waals surface area contributed by atoms with Gasteiger partial charge in [-0.15, -0.1) is 0 Å². The van der Waals surface area contributed by atoms with Gasteiger partial charge in [0.25, 0.3) is 0 Å². The second-order valence-electron chi connectivity index (χ2n) is 3.88. The highest BCUT2D eigenvalue weighted by Crippen LogP contribution is 2.02. The molecule has 0 radical (unpaired) electrons. The van der Waals surface area contributed by atoms with Gasteiger partial charge in [-0.05, 0) is 19.4 Å². The van der Waals surface area contributed by atoms with Crippen molar-refractivity contribution in [2.45, 2.75) is 25.9 Å². The van der Waals surface area contributed by atoms with E-state index in [0.717, 1.165) is 0 Å². The lowest BCUT2D eigenvalue weighted by atomic mass is 10.1. The zero-order valence-electron chi connectivity index (χ0n) is 9.20. The predicted octanol–water partition coefficient (Wildman–Crippen LogP) is 2.86. The lowest BCUT2D eigenvalue weighted by Crippen LogP contribution is -2.14. The van der Waals surface area contributed by atoms with Crippen LogP contribution < -0.4 is 0 Å². The van der Waals surface area contributed by atoms with Crippen LogP contribution in [-0.4, -0.2) is 10.7 Å². The fraction of sp³-hybridized carbons (Fsp3) is 0.286. The van der Waals surface area contributed by atoms with Crippen LogP contribution in [0.25, 0.3) is 6.08 Å². The molecule has 0 unspecified atom stereocenters. The van der Waals surface area contributed by atoms with Crippen LogP contribution >= 0.6 is 0 Å². The van der Waals surface area contributed by atoms with Crippen molar-refractivity contribution in [3.63, 3.8) is 0 Å². The third-order valence-corrected chi connectivity index (χ3v) is 1.72. The molecule has 0 aliphatic rings. The molecule has 0 bridgehead atoms. The van der Waals surface area contributed by atoms with E-state index in [0.29, 0.717) is 6.42 Å². The Balaban J connectivity index is 2.44. The van der Waals surface area contributed by atoms with Crippen LogP contribution in [0.1, 0.15) is 25.8 Å². The summed E-state index contributed by atoms with van der Waals surface area (Å²) in [5.74, 6) is 5.67. The smallest absolute Gasteiger partial charge is 0.119 e. The molecule has 78 valence electrons. The molecule has 0 saturated heterocycles. The number of allylic oxidation sites excluding steroid dienone is 1. The maximum atomic E-state index is 9.34. The van der Waals surface area contributed by atoms with Gasteiger partial charge in [-0.2, -0.15) is 0 Å². The molecule has 0 saturated carbocycles. The normalized spacial score (nSPS) is 11.1. The molecule has 1 N–H and O–H groups in total. The minimum Gasteiger partial charge on any atom is -0.378 e. The quantitative estimate of drug-likeness (QED) is 0.728. The van der Waals surface area contributed by atoms with E-state index in [1.165, 1.54) is 5.56 Å². The van der Waals surface area contributed by atoms with Crippen molar-refractivity contribution in [2.24, 2.45) is 0 Å². The van der Waals surface area contributed by atoms with E-state index in [4.69, 9.17) is 0 Å². The van der Waals surface area contributed by atoms with Crippen LogP contribution in [0.3, 0.4) is 0 Å². The highest BCUT2D eigenvalue weighted by molar-refractivity contribution is 5.49. The van der Waals surface area contributed by atoms with Crippen LogP contribution in [0, 0.1) is 11.8 Å². The highest BCUT2D eigenvalue weighted by Gasteiger charge is 2.04. The van der Waals surface area contributed by atoms with Crippen molar-refractivity contribution in [1.82, 2.24) is 0 Å². The number of rotatable bonds is 2. The largest absolute Gasteiger partial charge is 0.378 e. The molecule has 1 nitrogen and oxygen atoms in total. The first-order valence-electron chi connectivity index (χ1n) is 5.02. The zero-order chi connectivity index (χ0) is 11.1. The first-order valence-corrected chi connectivity index (χ1v) is 5.02. The molecule has 1 heteroatoms. The van der Waals surface area contributed by atoms with Gasteiger partial charge in [-0.1, -0.05) is 54.3 Å². The second kappa shape index (κ2) is 5.38. The molecule has 0 heterocycles. The van der Waals surface area contributed by atoms with Gasteiger partial charge < -0.3 is 5.11 Å². The molecular formula is C14H16O. The minimum atomic E-state index is -0.888. The van der Waals surface area contributed by atoms with Gasteiger partial charge in [0.2, 0.25) is 0 Å². The predicted molar refractivity (Wildman–Crippen MR) is 64.2 cm³/mol. The summed E-state index contributed by atoms with van der Waals surface area (Å²) >= 11 is 0. The Morgan fingerprint density at radius 1 is 1.27 bits per heavy atom. The van der Waals surface area contributed by atoms with E-state index < -0.39 is 5.60 Å². The van der Waals surface area contributed by atoms with Crippen molar-refractivity contribution >= 4 is 6.08 Å². The first kappa shape index (κ1) is 11.6. The van der Waals surface area contributed by atoms with E-state index in [9.17, 15) is 5.11 Å². The topological polar surface area (TPSA) is 20.2 Å². The molecule has 0 spiro atoms. The summed E-state index contributed by atoms with van der Waals surface area (Å²) in [6.07, 6.45) is 4.69. The second-order valence-corrected chi connectivity index (χ2v) is 3.88. The van der Waals surface area contributed by atoms with Crippen molar-refractivity contribution in [2.75, 3.05) is 0 Å². The SMILES string of the molecule is CC(C)(O)C#CC/C=C/c1ccccc1. The summed E-state index contributed by atoms with van der Waals surface area (Å²) in [5, 5.41) is 9.34. The Morgan fingerprint density at radius 2 is 1.93 bits per heavy atom. The van der Waals surface area contributed by atoms with E-state index >= 15 is 0 Å². The maximum Gasteiger partial charge on any atom is 0.119 e. The fourth-order valence-electron chi connectivity index (χ4n) is 1.09. The third kappa shape index (κ3) is 5.72. The summed E-state index contributed by atoms with van der Waals surface area (Å²) in [4.78, 5) is 0. The Hall–Kier alpha value is -1.52. The molecule has 0 aliphatic heterocycles. The summed E-state index contributed by atoms with van der Waals surface area (Å²) in [7, 11) is 0. The van der Waals surface area contributed by atoms with Gasteiger partial charge in [0.15, 0.2) is 0 Å². The van der Waals surface area contributed by atoms with Gasteiger partial charge in [0.1, 0.15) is 5.60 Å². The fourth-order valence-corrected chi connectivity index (χ4v) is 1.09. The summed E-state index contributed by atoms with van der Waals surface area (Å²) < 4.78 is 0. The number of benzene rings is 1. The zero-order valence-corrected chi connectivity index (χ0v) is 9.20. The molecule has 0 aliphatic carbocycles. The van der Waals surface area contributed by atoms with Crippen molar-refractivity contribution in [1.29, 1.82) is 0 Å². The third-order valence-electron chi connectivity index (χ3n) is 1.72. The molecular weight excluding hydrogens is 184 g/mol. The van der Waals surface area contributed by atoms with Gasteiger partial charge in [0, 0.05) is 6.42 Å². The Morgan fingerprint density at radius 3 is 2.53 bits per heavy atom. The van der Waals surface area contributed by atoms with E-state index in [1.807, 2.05) is 42.5 Å². The van der Waals surface area contributed by atoms with Gasteiger partial charge >= 0.3 is 0 Å². The lowest BCUT2D eigenvalue weighted by molar-refractivity contribution is 0.143. The summed E-state index contributed by atoms with van der Waals surface area (Å²) in [6, 6.07) is 10.1. The van der Waals surface area contributed by atoms with Crippen molar-refractivity contribution in [3.8, 4) is 11.8 Å². The van der Waals surface area contributed by atoms with Gasteiger partial charge in [-0.25, -0.2) is 0 Å². The molecule has 1 aromatic carbocycles. The van der Waals surface area contributed by atoms with Crippen LogP contribution in [-0.2, 0) is 0 Å². The number of aliphatic hydroxyl groups is 1. The van der Waals surface area contributed by atoms with Gasteiger partial charge in [-0.3, -0.25) is 0 Å². The number of hydrogen-bond donors (Lipinski definition) is 1. The van der Waals surface area contributed by atoms with Crippen LogP contribution in [0.15, 0.2) is 36.4 Å². The van der Waals surface area contributed by atoms with Crippen molar-refractivity contribution in [3.05, 3.63) is 42.0 Å². The summed E-state index contributed by atoms with van der Waals surface area (Å²) in [5.41, 5.74) is 0.281. The average molecular weight is 200 g/mol. The molecule has 1 aromatic rings. The number of hydrogen-bond acceptors (Lipinski definition) is 1. The molecule has 0 atom stereocenters. The average Bonchev–Trinajstić information content (AvgIpc) is 2.17. The first-order chi connectivity index (χ1) is 7.08. The molecule has 0 amide bonds. The van der Waals surface area contributed by atoms with Gasteiger partial charge in [0.05, 0.1) is 0 Å². The molecule has 0 fully saturated rings. The maximum absolute atomic E-state index is 9.34. The Bertz CT molecular complexity index is 371. The van der Waals surface area contributed by atoms with E-state index in [-0.39, 0.29) is 0 Å². The Kier molecular flexibility index (Phi) is 4.15. The standard InChI is InChI=1S/C14H16O/c1-14(2,15)12-8-4-7-11-13-9-5-3-6-10-13/h3,5-7,9-11,15H,4H2,1-2H3/b11-7+. The molecule has 15 heavy (non-hydrogen) atoms. The van der Waals surface area contributed by atoms with Crippen LogP contribution in [0.2, 0.25) is 0 Å². The lowest BCUT2D eigenvalue weighted by Gasteiger charge is -2.05. The monoisotopic (exact) mass is 200 g/mol. The van der Waals surface area contributed by atoms with E-state index in [2.05, 4.69) is 11.8 Å². The van der Waals surface area contributed by atoms with E-state index in [1.54, 1.807) is 13.8 Å².